The van der Waals surface area contributed by atoms with Crippen molar-refractivity contribution >= 4 is 39.1 Å². The number of hydrogen-bond donors (Lipinski definition) is 2. The summed E-state index contributed by atoms with van der Waals surface area (Å²) >= 11 is 11.8. The van der Waals surface area contributed by atoms with Crippen molar-refractivity contribution in [1.29, 1.82) is 0 Å². The summed E-state index contributed by atoms with van der Waals surface area (Å²) in [6.45, 7) is 1.86. The van der Waals surface area contributed by atoms with Gasteiger partial charge in [-0.05, 0) is 50.6 Å². The highest BCUT2D eigenvalue weighted by Gasteiger charge is 2.28. The van der Waals surface area contributed by atoms with E-state index in [0.717, 1.165) is 19.4 Å². The summed E-state index contributed by atoms with van der Waals surface area (Å²) in [6, 6.07) is 4.68. The van der Waals surface area contributed by atoms with Gasteiger partial charge < -0.3 is 5.32 Å². The normalized spacial score (nSPS) is 20.4. The van der Waals surface area contributed by atoms with Gasteiger partial charge in [0.1, 0.15) is 0 Å². The number of benzene rings is 1. The van der Waals surface area contributed by atoms with Crippen LogP contribution < -0.4 is 10.0 Å². The van der Waals surface area contributed by atoms with E-state index in [-0.39, 0.29) is 5.02 Å². The summed E-state index contributed by atoms with van der Waals surface area (Å²) in [5.74, 6) is 0.334. The SMILES string of the molecule is CNCC1CCCN(S(=O)(=O)Nc2ccc(Cl)cc2Cl)C1. The van der Waals surface area contributed by atoms with E-state index in [1.807, 2.05) is 7.05 Å². The molecule has 1 unspecified atom stereocenters. The van der Waals surface area contributed by atoms with Gasteiger partial charge in [-0.15, -0.1) is 0 Å². The molecule has 1 aliphatic rings. The third-order valence-corrected chi connectivity index (χ3v) is 5.52. The molecule has 8 heteroatoms. The number of anilines is 1. The highest BCUT2D eigenvalue weighted by atomic mass is 35.5. The molecule has 1 aromatic rings. The molecule has 21 heavy (non-hydrogen) atoms. The first-order valence-electron chi connectivity index (χ1n) is 6.80. The Labute approximate surface area is 135 Å². The maximum Gasteiger partial charge on any atom is 0.301 e. The van der Waals surface area contributed by atoms with Crippen LogP contribution in [0.4, 0.5) is 5.69 Å². The van der Waals surface area contributed by atoms with Gasteiger partial charge in [-0.3, -0.25) is 4.72 Å². The smallest absolute Gasteiger partial charge is 0.301 e. The minimum atomic E-state index is -3.59. The number of piperidine rings is 1. The Bertz CT molecular complexity index is 593. The van der Waals surface area contributed by atoms with Crippen LogP contribution in [0.2, 0.25) is 10.0 Å². The zero-order valence-corrected chi connectivity index (χ0v) is 14.1. The van der Waals surface area contributed by atoms with Crippen molar-refractivity contribution in [3.8, 4) is 0 Å². The Balaban J connectivity index is 2.10. The average Bonchev–Trinajstić information content (AvgIpc) is 2.43. The zero-order valence-electron chi connectivity index (χ0n) is 11.8. The number of hydrogen-bond acceptors (Lipinski definition) is 3. The molecule has 1 aromatic carbocycles. The van der Waals surface area contributed by atoms with Crippen molar-refractivity contribution < 1.29 is 8.42 Å². The van der Waals surface area contributed by atoms with E-state index in [4.69, 9.17) is 23.2 Å². The Kier molecular flexibility index (Phi) is 5.73. The van der Waals surface area contributed by atoms with Crippen LogP contribution in [-0.2, 0) is 10.2 Å². The molecule has 5 nitrogen and oxygen atoms in total. The fourth-order valence-corrected chi connectivity index (χ4v) is 4.35. The largest absolute Gasteiger partial charge is 0.319 e. The predicted octanol–water partition coefficient (Wildman–Crippen LogP) is 2.58. The minimum Gasteiger partial charge on any atom is -0.319 e. The Hall–Kier alpha value is -0.530. The van der Waals surface area contributed by atoms with Gasteiger partial charge in [0, 0.05) is 18.1 Å². The molecule has 0 radical (unpaired) electrons. The lowest BCUT2D eigenvalue weighted by molar-refractivity contribution is 0.264. The maximum absolute atomic E-state index is 12.4. The first-order valence-corrected chi connectivity index (χ1v) is 8.99. The van der Waals surface area contributed by atoms with Crippen molar-refractivity contribution in [3.05, 3.63) is 28.2 Å². The lowest BCUT2D eigenvalue weighted by Gasteiger charge is -2.32. The fourth-order valence-electron chi connectivity index (χ4n) is 2.48. The van der Waals surface area contributed by atoms with Crippen LogP contribution in [0.3, 0.4) is 0 Å². The number of nitrogens with zero attached hydrogens (tertiary/aromatic N) is 1. The van der Waals surface area contributed by atoms with Crippen molar-refractivity contribution in [2.75, 3.05) is 31.4 Å². The maximum atomic E-state index is 12.4. The van der Waals surface area contributed by atoms with E-state index >= 15 is 0 Å². The standard InChI is InChI=1S/C13H19Cl2N3O2S/c1-16-8-10-3-2-6-18(9-10)21(19,20)17-13-5-4-11(14)7-12(13)15/h4-5,7,10,16-17H,2-3,6,8-9H2,1H3. The Morgan fingerprint density at radius 1 is 1.38 bits per heavy atom. The second-order valence-corrected chi connectivity index (χ2v) is 7.67. The molecule has 1 atom stereocenters. The van der Waals surface area contributed by atoms with Crippen LogP contribution in [-0.4, -0.2) is 39.4 Å². The summed E-state index contributed by atoms with van der Waals surface area (Å²) < 4.78 is 28.9. The summed E-state index contributed by atoms with van der Waals surface area (Å²) in [4.78, 5) is 0. The van der Waals surface area contributed by atoms with E-state index in [9.17, 15) is 8.42 Å². The van der Waals surface area contributed by atoms with Crippen LogP contribution in [0.15, 0.2) is 18.2 Å². The van der Waals surface area contributed by atoms with Crippen LogP contribution in [0, 0.1) is 5.92 Å². The molecule has 1 fully saturated rings. The summed E-state index contributed by atoms with van der Waals surface area (Å²) in [6.07, 6.45) is 1.90. The van der Waals surface area contributed by atoms with Gasteiger partial charge in [0.15, 0.2) is 0 Å². The van der Waals surface area contributed by atoms with Gasteiger partial charge in [0.2, 0.25) is 0 Å². The molecule has 0 saturated carbocycles. The molecule has 0 aliphatic carbocycles. The van der Waals surface area contributed by atoms with Crippen LogP contribution in [0.5, 0.6) is 0 Å². The molecule has 118 valence electrons. The molecule has 0 spiro atoms. The topological polar surface area (TPSA) is 61.4 Å². The minimum absolute atomic E-state index is 0.287. The highest BCUT2D eigenvalue weighted by Crippen LogP contribution is 2.27. The van der Waals surface area contributed by atoms with E-state index in [2.05, 4.69) is 10.0 Å². The third kappa shape index (κ3) is 4.47. The van der Waals surface area contributed by atoms with Gasteiger partial charge in [0.25, 0.3) is 0 Å². The summed E-state index contributed by atoms with van der Waals surface area (Å²) in [7, 11) is -1.72. The molecule has 2 rings (SSSR count). The first-order chi connectivity index (χ1) is 9.92. The van der Waals surface area contributed by atoms with Crippen molar-refractivity contribution in [3.63, 3.8) is 0 Å². The summed E-state index contributed by atoms with van der Waals surface area (Å²) in [5.41, 5.74) is 0.344. The number of halogens is 2. The molecule has 0 bridgehead atoms. The molecule has 1 heterocycles. The van der Waals surface area contributed by atoms with Gasteiger partial charge in [-0.25, -0.2) is 0 Å². The van der Waals surface area contributed by atoms with Crippen LogP contribution >= 0.6 is 23.2 Å². The lowest BCUT2D eigenvalue weighted by atomic mass is 10.00. The van der Waals surface area contributed by atoms with Crippen LogP contribution in [0.25, 0.3) is 0 Å². The number of nitrogens with one attached hydrogen (secondary N) is 2. The lowest BCUT2D eigenvalue weighted by Crippen LogP contribution is -2.44. The predicted molar refractivity (Wildman–Crippen MR) is 87.2 cm³/mol. The zero-order chi connectivity index (χ0) is 15.5. The molecule has 0 amide bonds. The number of rotatable bonds is 5. The van der Waals surface area contributed by atoms with Gasteiger partial charge >= 0.3 is 10.2 Å². The third-order valence-electron chi connectivity index (χ3n) is 3.48. The molecule has 1 aliphatic heterocycles. The van der Waals surface area contributed by atoms with E-state index < -0.39 is 10.2 Å². The van der Waals surface area contributed by atoms with Crippen molar-refractivity contribution in [2.24, 2.45) is 5.92 Å². The average molecular weight is 352 g/mol. The van der Waals surface area contributed by atoms with Gasteiger partial charge in [-0.1, -0.05) is 23.2 Å². The van der Waals surface area contributed by atoms with E-state index in [1.165, 1.54) is 10.4 Å². The molecule has 1 saturated heterocycles. The monoisotopic (exact) mass is 351 g/mol. The highest BCUT2D eigenvalue weighted by molar-refractivity contribution is 7.90. The Morgan fingerprint density at radius 2 is 2.14 bits per heavy atom. The molecule has 0 aromatic heterocycles. The first kappa shape index (κ1) is 16.8. The summed E-state index contributed by atoms with van der Waals surface area (Å²) in [5, 5.41) is 3.85. The second kappa shape index (κ2) is 7.15. The Morgan fingerprint density at radius 3 is 2.81 bits per heavy atom. The van der Waals surface area contributed by atoms with Gasteiger partial charge in [0.05, 0.1) is 10.7 Å². The molecular formula is C13H19Cl2N3O2S. The van der Waals surface area contributed by atoms with Crippen LogP contribution in [0.1, 0.15) is 12.8 Å². The molecular weight excluding hydrogens is 333 g/mol. The van der Waals surface area contributed by atoms with Crippen molar-refractivity contribution in [2.45, 2.75) is 12.8 Å². The van der Waals surface area contributed by atoms with Gasteiger partial charge in [-0.2, -0.15) is 12.7 Å². The quantitative estimate of drug-likeness (QED) is 0.856. The fraction of sp³-hybridized carbons (Fsp3) is 0.538. The molecule has 2 N–H and O–H groups in total. The second-order valence-electron chi connectivity index (χ2n) is 5.16. The van der Waals surface area contributed by atoms with Crippen molar-refractivity contribution in [1.82, 2.24) is 9.62 Å². The van der Waals surface area contributed by atoms with E-state index in [0.29, 0.717) is 29.7 Å². The van der Waals surface area contributed by atoms with E-state index in [1.54, 1.807) is 12.1 Å².